The summed E-state index contributed by atoms with van der Waals surface area (Å²) in [6.45, 7) is 1.87. The first-order valence-corrected chi connectivity index (χ1v) is 6.83. The van der Waals surface area contributed by atoms with Gasteiger partial charge in [-0.05, 0) is 35.7 Å². The molecule has 0 heterocycles. The Bertz CT molecular complexity index is 562. The van der Waals surface area contributed by atoms with E-state index < -0.39 is 4.33 Å². The molecule has 0 aromatic heterocycles. The first kappa shape index (κ1) is 14.0. The van der Waals surface area contributed by atoms with Crippen molar-refractivity contribution in [1.29, 1.82) is 0 Å². The maximum atomic E-state index is 6.48. The van der Waals surface area contributed by atoms with E-state index in [1.54, 1.807) is 12.1 Å². The minimum Gasteiger partial charge on any atom is -0.0909 e. The van der Waals surface area contributed by atoms with E-state index in [0.717, 1.165) is 11.1 Å². The highest BCUT2D eigenvalue weighted by Crippen LogP contribution is 2.44. The molecule has 0 spiro atoms. The first-order chi connectivity index (χ1) is 8.43. The van der Waals surface area contributed by atoms with Gasteiger partial charge in [-0.25, -0.2) is 0 Å². The topological polar surface area (TPSA) is 0 Å². The molecule has 94 valence electrons. The molecular formula is C14H10Cl4. The minimum absolute atomic E-state index is 0.516. The summed E-state index contributed by atoms with van der Waals surface area (Å²) in [6, 6.07) is 12.8. The summed E-state index contributed by atoms with van der Waals surface area (Å²) in [5.74, 6) is 0. The predicted molar refractivity (Wildman–Crippen MR) is 80.1 cm³/mol. The summed E-state index contributed by atoms with van der Waals surface area (Å²) in [5, 5.41) is 1.07. The standard InChI is InChI=1S/C14H10Cl4/c1-9-12(7-11(15)8-13(9)16)14(17,18)10-5-3-2-4-6-10/h2-8H,1H3. The molecular weight excluding hydrogens is 310 g/mol. The van der Waals surface area contributed by atoms with Crippen LogP contribution in [0.5, 0.6) is 0 Å². The number of hydrogen-bond acceptors (Lipinski definition) is 0. The molecule has 0 saturated carbocycles. The summed E-state index contributed by atoms with van der Waals surface area (Å²) in [7, 11) is 0. The monoisotopic (exact) mass is 318 g/mol. The molecule has 0 aliphatic carbocycles. The van der Waals surface area contributed by atoms with Crippen LogP contribution in [0.3, 0.4) is 0 Å². The van der Waals surface area contributed by atoms with E-state index in [9.17, 15) is 0 Å². The van der Waals surface area contributed by atoms with Crippen LogP contribution in [-0.2, 0) is 4.33 Å². The van der Waals surface area contributed by atoms with Gasteiger partial charge in [0.15, 0.2) is 4.33 Å². The smallest absolute Gasteiger partial charge is 0.0909 e. The van der Waals surface area contributed by atoms with Gasteiger partial charge in [0.1, 0.15) is 0 Å². The molecule has 0 amide bonds. The fourth-order valence-electron chi connectivity index (χ4n) is 1.77. The van der Waals surface area contributed by atoms with E-state index in [2.05, 4.69) is 0 Å². The Morgan fingerprint density at radius 2 is 1.56 bits per heavy atom. The van der Waals surface area contributed by atoms with E-state index in [0.29, 0.717) is 15.6 Å². The van der Waals surface area contributed by atoms with E-state index in [-0.39, 0.29) is 0 Å². The summed E-state index contributed by atoms with van der Waals surface area (Å²) in [6.07, 6.45) is 0. The number of halogens is 4. The Kier molecular flexibility index (Phi) is 4.13. The molecule has 2 aromatic rings. The van der Waals surface area contributed by atoms with Crippen molar-refractivity contribution < 1.29 is 0 Å². The van der Waals surface area contributed by atoms with Gasteiger partial charge in [-0.3, -0.25) is 0 Å². The van der Waals surface area contributed by atoms with Gasteiger partial charge in [-0.1, -0.05) is 76.7 Å². The number of benzene rings is 2. The lowest BCUT2D eigenvalue weighted by Crippen LogP contribution is -2.14. The molecule has 0 radical (unpaired) electrons. The Morgan fingerprint density at radius 3 is 2.17 bits per heavy atom. The highest BCUT2D eigenvalue weighted by Gasteiger charge is 2.31. The highest BCUT2D eigenvalue weighted by molar-refractivity contribution is 6.50. The van der Waals surface area contributed by atoms with Gasteiger partial charge < -0.3 is 0 Å². The fraction of sp³-hybridized carbons (Fsp3) is 0.143. The lowest BCUT2D eigenvalue weighted by atomic mass is 9.99. The molecule has 2 aromatic carbocycles. The van der Waals surface area contributed by atoms with Crippen LogP contribution in [0.4, 0.5) is 0 Å². The summed E-state index contributed by atoms with van der Waals surface area (Å²) in [4.78, 5) is 0. The third-order valence-electron chi connectivity index (χ3n) is 2.78. The zero-order chi connectivity index (χ0) is 13.3. The fourth-order valence-corrected chi connectivity index (χ4v) is 2.91. The van der Waals surface area contributed by atoms with Crippen LogP contribution in [0.2, 0.25) is 10.0 Å². The van der Waals surface area contributed by atoms with Crippen LogP contribution in [0.15, 0.2) is 42.5 Å². The summed E-state index contributed by atoms with van der Waals surface area (Å²) >= 11 is 25.1. The van der Waals surface area contributed by atoms with Gasteiger partial charge in [0, 0.05) is 10.0 Å². The van der Waals surface area contributed by atoms with Crippen LogP contribution in [0.25, 0.3) is 0 Å². The molecule has 0 aliphatic heterocycles. The number of rotatable bonds is 2. The van der Waals surface area contributed by atoms with Gasteiger partial charge >= 0.3 is 0 Å². The third-order valence-corrected chi connectivity index (χ3v) is 4.24. The van der Waals surface area contributed by atoms with Gasteiger partial charge in [0.05, 0.1) is 0 Å². The zero-order valence-corrected chi connectivity index (χ0v) is 12.6. The van der Waals surface area contributed by atoms with Gasteiger partial charge in [-0.15, -0.1) is 0 Å². The molecule has 0 atom stereocenters. The van der Waals surface area contributed by atoms with Crippen molar-refractivity contribution in [2.24, 2.45) is 0 Å². The average Bonchev–Trinajstić information content (AvgIpc) is 2.34. The SMILES string of the molecule is Cc1c(Cl)cc(Cl)cc1C(Cl)(Cl)c1ccccc1. The van der Waals surface area contributed by atoms with Crippen molar-refractivity contribution in [2.75, 3.05) is 0 Å². The lowest BCUT2D eigenvalue weighted by Gasteiger charge is -2.23. The van der Waals surface area contributed by atoms with Crippen molar-refractivity contribution in [1.82, 2.24) is 0 Å². The molecule has 0 fully saturated rings. The molecule has 0 nitrogen and oxygen atoms in total. The van der Waals surface area contributed by atoms with Crippen molar-refractivity contribution >= 4 is 46.4 Å². The Balaban J connectivity index is 2.61. The van der Waals surface area contributed by atoms with Crippen LogP contribution in [0, 0.1) is 6.92 Å². The predicted octanol–water partition coefficient (Wildman–Crippen LogP) is 5.98. The molecule has 0 saturated heterocycles. The number of alkyl halides is 2. The van der Waals surface area contributed by atoms with Gasteiger partial charge in [-0.2, -0.15) is 0 Å². The van der Waals surface area contributed by atoms with E-state index in [1.807, 2.05) is 37.3 Å². The van der Waals surface area contributed by atoms with E-state index in [4.69, 9.17) is 46.4 Å². The molecule has 4 heteroatoms. The van der Waals surface area contributed by atoms with Gasteiger partial charge in [0.2, 0.25) is 0 Å². The van der Waals surface area contributed by atoms with Crippen LogP contribution >= 0.6 is 46.4 Å². The van der Waals surface area contributed by atoms with Crippen molar-refractivity contribution in [3.63, 3.8) is 0 Å². The second-order valence-electron chi connectivity index (χ2n) is 4.00. The lowest BCUT2D eigenvalue weighted by molar-refractivity contribution is 1.02. The quantitative estimate of drug-likeness (QED) is 0.597. The average molecular weight is 320 g/mol. The number of hydrogen-bond donors (Lipinski definition) is 0. The molecule has 2 rings (SSSR count). The van der Waals surface area contributed by atoms with Crippen LogP contribution in [0.1, 0.15) is 16.7 Å². The maximum Gasteiger partial charge on any atom is 0.168 e. The van der Waals surface area contributed by atoms with E-state index in [1.165, 1.54) is 0 Å². The second-order valence-corrected chi connectivity index (χ2v) is 6.17. The highest BCUT2D eigenvalue weighted by atomic mass is 35.5. The minimum atomic E-state index is -1.17. The van der Waals surface area contributed by atoms with E-state index >= 15 is 0 Å². The van der Waals surface area contributed by atoms with Crippen LogP contribution in [-0.4, -0.2) is 0 Å². The third kappa shape index (κ3) is 2.62. The normalized spacial score (nSPS) is 11.6. The zero-order valence-electron chi connectivity index (χ0n) is 9.55. The summed E-state index contributed by atoms with van der Waals surface area (Å²) in [5.41, 5.74) is 2.32. The largest absolute Gasteiger partial charge is 0.168 e. The maximum absolute atomic E-state index is 6.48. The molecule has 0 unspecified atom stereocenters. The second kappa shape index (κ2) is 5.30. The van der Waals surface area contributed by atoms with Crippen molar-refractivity contribution in [2.45, 2.75) is 11.3 Å². The van der Waals surface area contributed by atoms with Crippen molar-refractivity contribution in [3.05, 3.63) is 69.2 Å². The molecule has 0 N–H and O–H groups in total. The molecule has 18 heavy (non-hydrogen) atoms. The van der Waals surface area contributed by atoms with Gasteiger partial charge in [0.25, 0.3) is 0 Å². The van der Waals surface area contributed by atoms with Crippen molar-refractivity contribution in [3.8, 4) is 0 Å². The molecule has 0 bridgehead atoms. The summed E-state index contributed by atoms with van der Waals surface area (Å²) < 4.78 is -1.17. The molecule has 0 aliphatic rings. The first-order valence-electron chi connectivity index (χ1n) is 5.32. The Hall–Kier alpha value is -0.400. The Morgan fingerprint density at radius 1 is 0.944 bits per heavy atom. The Labute approximate surface area is 126 Å². The van der Waals surface area contributed by atoms with Crippen LogP contribution < -0.4 is 0 Å².